The standard InChI is InChI=1S/C12H21N7/c1-6-19(8-9(2)7-13)12-16-10(14-3)15-11(17-12)18(4)5/h9H,6,8H2,1-5H3,(H,14,15,16,17). The van der Waals surface area contributed by atoms with Crippen LogP contribution in [0.15, 0.2) is 0 Å². The Hall–Kier alpha value is -2.10. The minimum Gasteiger partial charge on any atom is -0.357 e. The molecule has 7 heteroatoms. The van der Waals surface area contributed by atoms with Crippen molar-refractivity contribution >= 4 is 17.8 Å². The molecule has 0 aliphatic rings. The highest BCUT2D eigenvalue weighted by Gasteiger charge is 2.15. The van der Waals surface area contributed by atoms with Gasteiger partial charge in [0.15, 0.2) is 0 Å². The molecule has 7 nitrogen and oxygen atoms in total. The Morgan fingerprint density at radius 1 is 1.26 bits per heavy atom. The van der Waals surface area contributed by atoms with E-state index in [-0.39, 0.29) is 5.92 Å². The molecule has 1 atom stereocenters. The molecule has 0 aliphatic heterocycles. The molecule has 0 aromatic carbocycles. The summed E-state index contributed by atoms with van der Waals surface area (Å²) in [5.74, 6) is 1.64. The molecule has 0 spiro atoms. The third kappa shape index (κ3) is 3.95. The van der Waals surface area contributed by atoms with E-state index >= 15 is 0 Å². The predicted octanol–water partition coefficient (Wildman–Crippen LogP) is 0.965. The van der Waals surface area contributed by atoms with E-state index < -0.39 is 0 Å². The first-order chi connectivity index (χ1) is 9.01. The van der Waals surface area contributed by atoms with Crippen molar-refractivity contribution in [1.82, 2.24) is 15.0 Å². The van der Waals surface area contributed by atoms with Crippen LogP contribution in [-0.2, 0) is 0 Å². The highest BCUT2D eigenvalue weighted by atomic mass is 15.3. The van der Waals surface area contributed by atoms with Crippen molar-refractivity contribution in [2.75, 3.05) is 49.3 Å². The highest BCUT2D eigenvalue weighted by Crippen LogP contribution is 2.15. The summed E-state index contributed by atoms with van der Waals surface area (Å²) in [4.78, 5) is 16.8. The van der Waals surface area contributed by atoms with Crippen molar-refractivity contribution in [3.63, 3.8) is 0 Å². The summed E-state index contributed by atoms with van der Waals surface area (Å²) in [7, 11) is 5.53. The van der Waals surface area contributed by atoms with Crippen LogP contribution >= 0.6 is 0 Å². The van der Waals surface area contributed by atoms with Crippen LogP contribution in [0.4, 0.5) is 17.8 Å². The normalized spacial score (nSPS) is 11.6. The summed E-state index contributed by atoms with van der Waals surface area (Å²) in [6.07, 6.45) is 0. The maximum atomic E-state index is 8.92. The third-order valence-electron chi connectivity index (χ3n) is 2.61. The van der Waals surface area contributed by atoms with E-state index in [9.17, 15) is 0 Å². The zero-order chi connectivity index (χ0) is 14.4. The molecule has 0 bridgehead atoms. The van der Waals surface area contributed by atoms with E-state index in [1.807, 2.05) is 37.7 Å². The van der Waals surface area contributed by atoms with Crippen molar-refractivity contribution < 1.29 is 0 Å². The van der Waals surface area contributed by atoms with Crippen LogP contribution in [0.3, 0.4) is 0 Å². The van der Waals surface area contributed by atoms with Gasteiger partial charge in [0.25, 0.3) is 0 Å². The SMILES string of the molecule is CCN(CC(C)C#N)c1nc(NC)nc(N(C)C)n1. The smallest absolute Gasteiger partial charge is 0.231 e. The molecule has 104 valence electrons. The molecule has 0 saturated heterocycles. The van der Waals surface area contributed by atoms with E-state index in [4.69, 9.17) is 5.26 Å². The molecule has 1 aromatic heterocycles. The van der Waals surface area contributed by atoms with Crippen LogP contribution in [-0.4, -0.2) is 49.2 Å². The van der Waals surface area contributed by atoms with Gasteiger partial charge in [-0.2, -0.15) is 20.2 Å². The number of aromatic nitrogens is 3. The van der Waals surface area contributed by atoms with Gasteiger partial charge in [0.2, 0.25) is 17.8 Å². The molecule has 1 aromatic rings. The zero-order valence-electron chi connectivity index (χ0n) is 12.2. The molecule has 1 rings (SSSR count). The predicted molar refractivity (Wildman–Crippen MR) is 76.4 cm³/mol. The minimum atomic E-state index is -0.0717. The van der Waals surface area contributed by atoms with Crippen molar-refractivity contribution in [3.8, 4) is 6.07 Å². The topological polar surface area (TPSA) is 81.0 Å². The molecular weight excluding hydrogens is 242 g/mol. The first-order valence-electron chi connectivity index (χ1n) is 6.27. The summed E-state index contributed by atoms with van der Waals surface area (Å²) in [6, 6.07) is 2.23. The monoisotopic (exact) mass is 263 g/mol. The number of hydrogen-bond donors (Lipinski definition) is 1. The maximum Gasteiger partial charge on any atom is 0.231 e. The van der Waals surface area contributed by atoms with Gasteiger partial charge in [-0.05, 0) is 13.8 Å². The van der Waals surface area contributed by atoms with Gasteiger partial charge in [0, 0.05) is 34.2 Å². The molecule has 1 N–H and O–H groups in total. The molecule has 0 amide bonds. The van der Waals surface area contributed by atoms with Gasteiger partial charge in [-0.25, -0.2) is 0 Å². The Morgan fingerprint density at radius 3 is 2.37 bits per heavy atom. The van der Waals surface area contributed by atoms with E-state index in [1.165, 1.54) is 0 Å². The van der Waals surface area contributed by atoms with Crippen molar-refractivity contribution in [2.45, 2.75) is 13.8 Å². The molecular formula is C12H21N7. The third-order valence-corrected chi connectivity index (χ3v) is 2.61. The lowest BCUT2D eigenvalue weighted by atomic mass is 10.2. The molecule has 1 unspecified atom stereocenters. The van der Waals surface area contributed by atoms with E-state index in [1.54, 1.807) is 7.05 Å². The van der Waals surface area contributed by atoms with Gasteiger partial charge in [-0.1, -0.05) is 0 Å². The van der Waals surface area contributed by atoms with Crippen molar-refractivity contribution in [2.24, 2.45) is 5.92 Å². The lowest BCUT2D eigenvalue weighted by Gasteiger charge is -2.23. The lowest BCUT2D eigenvalue weighted by Crippen LogP contribution is -2.30. The quantitative estimate of drug-likeness (QED) is 0.818. The molecule has 0 aliphatic carbocycles. The number of nitriles is 1. The van der Waals surface area contributed by atoms with Gasteiger partial charge >= 0.3 is 0 Å². The second-order valence-corrected chi connectivity index (χ2v) is 4.47. The average Bonchev–Trinajstić information content (AvgIpc) is 2.43. The van der Waals surface area contributed by atoms with Crippen LogP contribution in [0.5, 0.6) is 0 Å². The van der Waals surface area contributed by atoms with Crippen LogP contribution in [0.1, 0.15) is 13.8 Å². The van der Waals surface area contributed by atoms with Crippen LogP contribution in [0, 0.1) is 17.2 Å². The second-order valence-electron chi connectivity index (χ2n) is 4.47. The fourth-order valence-corrected chi connectivity index (χ4v) is 1.53. The summed E-state index contributed by atoms with van der Waals surface area (Å²) in [5.41, 5.74) is 0. The average molecular weight is 263 g/mol. The van der Waals surface area contributed by atoms with Gasteiger partial charge in [0.05, 0.1) is 12.0 Å². The van der Waals surface area contributed by atoms with Gasteiger partial charge in [-0.15, -0.1) is 0 Å². The Morgan fingerprint density at radius 2 is 1.89 bits per heavy atom. The van der Waals surface area contributed by atoms with Crippen LogP contribution in [0.25, 0.3) is 0 Å². The molecule has 19 heavy (non-hydrogen) atoms. The summed E-state index contributed by atoms with van der Waals surface area (Å²) in [6.45, 7) is 5.25. The maximum absolute atomic E-state index is 8.92. The summed E-state index contributed by atoms with van der Waals surface area (Å²) >= 11 is 0. The number of rotatable bonds is 6. The van der Waals surface area contributed by atoms with Gasteiger partial charge in [-0.3, -0.25) is 0 Å². The Balaban J connectivity index is 3.09. The molecule has 1 heterocycles. The second kappa shape index (κ2) is 6.73. The summed E-state index contributed by atoms with van der Waals surface area (Å²) in [5, 5.41) is 11.8. The number of nitrogens with one attached hydrogen (secondary N) is 1. The van der Waals surface area contributed by atoms with Crippen LogP contribution in [0.2, 0.25) is 0 Å². The van der Waals surface area contributed by atoms with Crippen molar-refractivity contribution in [1.29, 1.82) is 5.26 Å². The molecule has 0 fully saturated rings. The van der Waals surface area contributed by atoms with Crippen LogP contribution < -0.4 is 15.1 Å². The Kier molecular flexibility index (Phi) is 5.30. The Bertz CT molecular complexity index is 452. The molecule has 0 saturated carbocycles. The fourth-order valence-electron chi connectivity index (χ4n) is 1.53. The van der Waals surface area contributed by atoms with E-state index in [2.05, 4.69) is 26.3 Å². The number of nitrogens with zero attached hydrogens (tertiary/aromatic N) is 6. The Labute approximate surface area is 114 Å². The number of anilines is 3. The number of hydrogen-bond acceptors (Lipinski definition) is 7. The van der Waals surface area contributed by atoms with Crippen molar-refractivity contribution in [3.05, 3.63) is 0 Å². The first kappa shape index (κ1) is 15.0. The van der Waals surface area contributed by atoms with Gasteiger partial charge < -0.3 is 15.1 Å². The molecule has 0 radical (unpaired) electrons. The highest BCUT2D eigenvalue weighted by molar-refractivity contribution is 5.44. The van der Waals surface area contributed by atoms with Gasteiger partial charge in [0.1, 0.15) is 0 Å². The largest absolute Gasteiger partial charge is 0.357 e. The zero-order valence-corrected chi connectivity index (χ0v) is 12.2. The van der Waals surface area contributed by atoms with E-state index in [0.29, 0.717) is 24.4 Å². The first-order valence-corrected chi connectivity index (χ1v) is 6.27. The van der Waals surface area contributed by atoms with E-state index in [0.717, 1.165) is 6.54 Å². The summed E-state index contributed by atoms with van der Waals surface area (Å²) < 4.78 is 0. The minimum absolute atomic E-state index is 0.0717. The lowest BCUT2D eigenvalue weighted by molar-refractivity contribution is 0.669. The fraction of sp³-hybridized carbons (Fsp3) is 0.667.